The molecular weight excluding hydrogens is 276 g/mol. The quantitative estimate of drug-likeness (QED) is 0.947. The largest absolute Gasteiger partial charge is 0.338 e. The van der Waals surface area contributed by atoms with Gasteiger partial charge in [0.15, 0.2) is 0 Å². The molecule has 3 rings (SSSR count). The van der Waals surface area contributed by atoms with Crippen molar-refractivity contribution in [1.82, 2.24) is 14.5 Å². The molecule has 1 unspecified atom stereocenters. The van der Waals surface area contributed by atoms with E-state index in [1.54, 1.807) is 0 Å². The van der Waals surface area contributed by atoms with Crippen LogP contribution >= 0.6 is 0 Å². The van der Waals surface area contributed by atoms with Crippen molar-refractivity contribution in [3.05, 3.63) is 30.1 Å². The molecule has 1 amide bonds. The van der Waals surface area contributed by atoms with Gasteiger partial charge in [-0.25, -0.2) is 4.98 Å². The van der Waals surface area contributed by atoms with Gasteiger partial charge >= 0.3 is 0 Å². The van der Waals surface area contributed by atoms with Crippen LogP contribution in [0.25, 0.3) is 11.0 Å². The van der Waals surface area contributed by atoms with Gasteiger partial charge in [-0.05, 0) is 57.4 Å². The number of aromatic nitrogens is 2. The lowest BCUT2D eigenvalue weighted by Gasteiger charge is -2.32. The summed E-state index contributed by atoms with van der Waals surface area (Å²) in [5, 5.41) is 0. The first-order valence-electron chi connectivity index (χ1n) is 8.06. The topological polar surface area (TPSA) is 64.2 Å². The van der Waals surface area contributed by atoms with E-state index in [-0.39, 0.29) is 5.91 Å². The summed E-state index contributed by atoms with van der Waals surface area (Å²) < 4.78 is 2.12. The molecule has 0 saturated carbocycles. The van der Waals surface area contributed by atoms with Gasteiger partial charge in [-0.3, -0.25) is 4.79 Å². The number of rotatable bonds is 3. The van der Waals surface area contributed by atoms with Gasteiger partial charge in [0.1, 0.15) is 0 Å². The second-order valence-corrected chi connectivity index (χ2v) is 6.44. The molecule has 2 heterocycles. The first-order chi connectivity index (χ1) is 10.6. The molecule has 0 aliphatic carbocycles. The fraction of sp³-hybridized carbons (Fsp3) is 0.529. The summed E-state index contributed by atoms with van der Waals surface area (Å²) in [6.07, 6.45) is 4.00. The predicted octanol–water partition coefficient (Wildman–Crippen LogP) is 2.43. The SMILES string of the molecule is CC(C)n1cnc2cc(C(=O)N3CCCC(CN)C3)ccc21. The standard InChI is InChI=1S/C17H24N4O/c1-12(2)21-11-19-15-8-14(5-6-16(15)21)17(22)20-7-3-4-13(9-18)10-20/h5-6,8,11-13H,3-4,7,9-10,18H2,1-2H3. The van der Waals surface area contributed by atoms with Crippen molar-refractivity contribution in [2.24, 2.45) is 11.7 Å². The molecule has 1 atom stereocenters. The second kappa shape index (κ2) is 6.08. The van der Waals surface area contributed by atoms with E-state index in [0.717, 1.165) is 42.5 Å². The number of nitrogens with zero attached hydrogens (tertiary/aromatic N) is 3. The van der Waals surface area contributed by atoms with Gasteiger partial charge in [0, 0.05) is 24.7 Å². The molecule has 5 heteroatoms. The number of carbonyl (C=O) groups excluding carboxylic acids is 1. The van der Waals surface area contributed by atoms with Gasteiger partial charge in [-0.15, -0.1) is 0 Å². The third-order valence-corrected chi connectivity index (χ3v) is 4.52. The zero-order chi connectivity index (χ0) is 15.7. The van der Waals surface area contributed by atoms with Gasteiger partial charge in [0.25, 0.3) is 5.91 Å². The molecule has 1 fully saturated rings. The van der Waals surface area contributed by atoms with Crippen molar-refractivity contribution in [3.63, 3.8) is 0 Å². The number of carbonyl (C=O) groups is 1. The molecule has 2 N–H and O–H groups in total. The predicted molar refractivity (Wildman–Crippen MR) is 87.8 cm³/mol. The van der Waals surface area contributed by atoms with Crippen LogP contribution in [0.1, 0.15) is 43.1 Å². The summed E-state index contributed by atoms with van der Waals surface area (Å²) in [7, 11) is 0. The molecule has 1 aromatic carbocycles. The number of hydrogen-bond acceptors (Lipinski definition) is 3. The molecule has 118 valence electrons. The molecule has 1 aliphatic rings. The van der Waals surface area contributed by atoms with Gasteiger partial charge in [-0.1, -0.05) is 0 Å². The van der Waals surface area contributed by atoms with Gasteiger partial charge < -0.3 is 15.2 Å². The number of fused-ring (bicyclic) bond motifs is 1. The van der Waals surface area contributed by atoms with Crippen LogP contribution in [0.5, 0.6) is 0 Å². The average molecular weight is 300 g/mol. The Morgan fingerprint density at radius 2 is 2.27 bits per heavy atom. The monoisotopic (exact) mass is 300 g/mol. The molecule has 0 spiro atoms. The Balaban J connectivity index is 1.85. The normalized spacial score (nSPS) is 19.1. The third-order valence-electron chi connectivity index (χ3n) is 4.52. The minimum Gasteiger partial charge on any atom is -0.338 e. The minimum atomic E-state index is 0.0964. The van der Waals surface area contributed by atoms with Crippen LogP contribution in [0.2, 0.25) is 0 Å². The highest BCUT2D eigenvalue weighted by Crippen LogP contribution is 2.22. The molecule has 2 aromatic rings. The van der Waals surface area contributed by atoms with Crippen LogP contribution in [0, 0.1) is 5.92 Å². The Bertz CT molecular complexity index is 676. The van der Waals surface area contributed by atoms with Gasteiger partial charge in [-0.2, -0.15) is 0 Å². The maximum Gasteiger partial charge on any atom is 0.253 e. The van der Waals surface area contributed by atoms with E-state index in [1.807, 2.05) is 29.4 Å². The molecule has 22 heavy (non-hydrogen) atoms. The van der Waals surface area contributed by atoms with Crippen LogP contribution in [-0.4, -0.2) is 40.0 Å². The van der Waals surface area contributed by atoms with E-state index in [4.69, 9.17) is 5.73 Å². The van der Waals surface area contributed by atoms with Crippen molar-refractivity contribution in [2.45, 2.75) is 32.7 Å². The average Bonchev–Trinajstić information content (AvgIpc) is 2.97. The zero-order valence-electron chi connectivity index (χ0n) is 13.3. The number of benzene rings is 1. The van der Waals surface area contributed by atoms with Crippen molar-refractivity contribution < 1.29 is 4.79 Å². The van der Waals surface area contributed by atoms with E-state index in [2.05, 4.69) is 23.4 Å². The summed E-state index contributed by atoms with van der Waals surface area (Å²) >= 11 is 0. The third kappa shape index (κ3) is 2.73. The lowest BCUT2D eigenvalue weighted by molar-refractivity contribution is 0.0678. The smallest absolute Gasteiger partial charge is 0.253 e. The maximum absolute atomic E-state index is 12.7. The van der Waals surface area contributed by atoms with Crippen molar-refractivity contribution >= 4 is 16.9 Å². The van der Waals surface area contributed by atoms with Gasteiger partial charge in [0.2, 0.25) is 0 Å². The molecule has 1 aliphatic heterocycles. The first-order valence-corrected chi connectivity index (χ1v) is 8.06. The Labute approximate surface area is 131 Å². The molecule has 0 bridgehead atoms. The Morgan fingerprint density at radius 1 is 1.45 bits per heavy atom. The molecule has 0 radical (unpaired) electrons. The highest BCUT2D eigenvalue weighted by molar-refractivity contribution is 5.97. The molecule has 1 saturated heterocycles. The molecular formula is C17H24N4O. The summed E-state index contributed by atoms with van der Waals surface area (Å²) in [5.41, 5.74) is 8.44. The van der Waals surface area contributed by atoms with E-state index >= 15 is 0 Å². The zero-order valence-corrected chi connectivity index (χ0v) is 13.3. The van der Waals surface area contributed by atoms with Crippen LogP contribution in [-0.2, 0) is 0 Å². The van der Waals surface area contributed by atoms with Gasteiger partial charge in [0.05, 0.1) is 17.4 Å². The van der Waals surface area contributed by atoms with E-state index in [0.29, 0.717) is 18.5 Å². The van der Waals surface area contributed by atoms with Crippen molar-refractivity contribution in [3.8, 4) is 0 Å². The number of hydrogen-bond donors (Lipinski definition) is 1. The van der Waals surface area contributed by atoms with E-state index in [9.17, 15) is 4.79 Å². The van der Waals surface area contributed by atoms with Crippen LogP contribution in [0.4, 0.5) is 0 Å². The maximum atomic E-state index is 12.7. The molecule has 1 aromatic heterocycles. The lowest BCUT2D eigenvalue weighted by atomic mass is 9.97. The fourth-order valence-electron chi connectivity index (χ4n) is 3.20. The summed E-state index contributed by atoms with van der Waals surface area (Å²) in [5.74, 6) is 0.528. The number of likely N-dealkylation sites (tertiary alicyclic amines) is 1. The summed E-state index contributed by atoms with van der Waals surface area (Å²) in [4.78, 5) is 19.1. The van der Waals surface area contributed by atoms with E-state index < -0.39 is 0 Å². The fourth-order valence-corrected chi connectivity index (χ4v) is 3.20. The van der Waals surface area contributed by atoms with Crippen LogP contribution < -0.4 is 5.73 Å². The van der Waals surface area contributed by atoms with Crippen molar-refractivity contribution in [1.29, 1.82) is 0 Å². The highest BCUT2D eigenvalue weighted by Gasteiger charge is 2.24. The number of amides is 1. The first kappa shape index (κ1) is 15.0. The molecule has 5 nitrogen and oxygen atoms in total. The van der Waals surface area contributed by atoms with E-state index in [1.165, 1.54) is 0 Å². The lowest BCUT2D eigenvalue weighted by Crippen LogP contribution is -2.42. The van der Waals surface area contributed by atoms with Crippen LogP contribution in [0.15, 0.2) is 24.5 Å². The number of nitrogens with two attached hydrogens (primary N) is 1. The Morgan fingerprint density at radius 3 is 3.00 bits per heavy atom. The van der Waals surface area contributed by atoms with Crippen molar-refractivity contribution in [2.75, 3.05) is 19.6 Å². The number of imidazole rings is 1. The number of piperidine rings is 1. The summed E-state index contributed by atoms with van der Waals surface area (Å²) in [6.45, 7) is 6.50. The Hall–Kier alpha value is -1.88. The second-order valence-electron chi connectivity index (χ2n) is 6.44. The van der Waals surface area contributed by atoms with Crippen LogP contribution in [0.3, 0.4) is 0 Å². The highest BCUT2D eigenvalue weighted by atomic mass is 16.2. The summed E-state index contributed by atoms with van der Waals surface area (Å²) in [6, 6.07) is 6.18. The minimum absolute atomic E-state index is 0.0964. The Kier molecular flexibility index (Phi) is 4.16.